The number of aliphatic hydroxyl groups is 4. The Kier molecular flexibility index (Phi) is 5.33. The van der Waals surface area contributed by atoms with E-state index < -0.39 is 43.3 Å². The van der Waals surface area contributed by atoms with Crippen LogP contribution in [0.4, 0.5) is 0 Å². The Labute approximate surface area is 126 Å². The smallest absolute Gasteiger partial charge is 0.337 e. The van der Waals surface area contributed by atoms with Crippen LogP contribution in [0.3, 0.4) is 0 Å². The first-order valence-corrected chi connectivity index (χ1v) is 6.63. The van der Waals surface area contributed by atoms with Crippen molar-refractivity contribution in [3.8, 4) is 5.75 Å². The Morgan fingerprint density at radius 1 is 1.23 bits per heavy atom. The number of methoxy groups -OCH3 is 1. The number of esters is 1. The van der Waals surface area contributed by atoms with Gasteiger partial charge in [0.2, 0.25) is 6.29 Å². The summed E-state index contributed by atoms with van der Waals surface area (Å²) in [4.78, 5) is 11.5. The maximum atomic E-state index is 11.5. The molecule has 8 nitrogen and oxygen atoms in total. The van der Waals surface area contributed by atoms with Gasteiger partial charge in [0.05, 0.1) is 19.3 Å². The van der Waals surface area contributed by atoms with Crippen LogP contribution in [0.15, 0.2) is 24.3 Å². The maximum absolute atomic E-state index is 11.5. The van der Waals surface area contributed by atoms with Gasteiger partial charge in [0.1, 0.15) is 30.2 Å². The van der Waals surface area contributed by atoms with Crippen molar-refractivity contribution < 1.29 is 39.4 Å². The summed E-state index contributed by atoms with van der Waals surface area (Å²) < 4.78 is 15.2. The van der Waals surface area contributed by atoms with Crippen molar-refractivity contribution in [3.05, 3.63) is 29.8 Å². The molecule has 0 bridgehead atoms. The predicted molar refractivity (Wildman–Crippen MR) is 72.2 cm³/mol. The van der Waals surface area contributed by atoms with E-state index in [1.165, 1.54) is 25.3 Å². The van der Waals surface area contributed by atoms with E-state index in [0.29, 0.717) is 0 Å². The van der Waals surface area contributed by atoms with Gasteiger partial charge in [-0.05, 0) is 18.2 Å². The SMILES string of the molecule is COC(=O)c1cccc(O[C@@H]2O[C@H](CO)[C@H](O)[C@H](O)[C@H]2O)c1. The quantitative estimate of drug-likeness (QED) is 0.503. The van der Waals surface area contributed by atoms with E-state index in [0.717, 1.165) is 0 Å². The summed E-state index contributed by atoms with van der Waals surface area (Å²) in [5.41, 5.74) is 0.240. The van der Waals surface area contributed by atoms with Crippen LogP contribution in [0.2, 0.25) is 0 Å². The average molecular weight is 314 g/mol. The fraction of sp³-hybridized carbons (Fsp3) is 0.500. The van der Waals surface area contributed by atoms with Gasteiger partial charge >= 0.3 is 5.97 Å². The van der Waals surface area contributed by atoms with Crippen LogP contribution in [-0.4, -0.2) is 70.8 Å². The molecule has 0 radical (unpaired) electrons. The Morgan fingerprint density at radius 2 is 1.95 bits per heavy atom. The zero-order chi connectivity index (χ0) is 16.3. The first-order chi connectivity index (χ1) is 10.5. The van der Waals surface area contributed by atoms with E-state index in [4.69, 9.17) is 14.6 Å². The molecule has 0 unspecified atom stereocenters. The van der Waals surface area contributed by atoms with Gasteiger partial charge in [0.25, 0.3) is 0 Å². The molecular formula is C14H18O8. The summed E-state index contributed by atoms with van der Waals surface area (Å²) in [5, 5.41) is 38.3. The molecule has 4 N–H and O–H groups in total. The third kappa shape index (κ3) is 3.37. The molecule has 8 heteroatoms. The normalized spacial score (nSPS) is 31.6. The minimum Gasteiger partial charge on any atom is -0.465 e. The topological polar surface area (TPSA) is 126 Å². The Balaban J connectivity index is 2.14. The van der Waals surface area contributed by atoms with Crippen molar-refractivity contribution in [2.75, 3.05) is 13.7 Å². The minimum atomic E-state index is -1.53. The standard InChI is InChI=1S/C14H18O8/c1-20-13(19)7-3-2-4-8(5-7)21-14-12(18)11(17)10(16)9(6-15)22-14/h2-5,9-12,14-18H,6H2,1H3/t9-,10+,11+,12-,14-/m1/s1. The molecular weight excluding hydrogens is 296 g/mol. The lowest BCUT2D eigenvalue weighted by Gasteiger charge is -2.39. The van der Waals surface area contributed by atoms with Crippen LogP contribution in [0.25, 0.3) is 0 Å². The average Bonchev–Trinajstić information content (AvgIpc) is 2.54. The second kappa shape index (κ2) is 7.03. The van der Waals surface area contributed by atoms with Gasteiger partial charge in [-0.3, -0.25) is 0 Å². The molecule has 0 aromatic heterocycles. The van der Waals surface area contributed by atoms with E-state index in [1.807, 2.05) is 0 Å². The van der Waals surface area contributed by atoms with E-state index in [-0.39, 0.29) is 11.3 Å². The summed E-state index contributed by atoms with van der Waals surface area (Å²) in [7, 11) is 1.24. The lowest BCUT2D eigenvalue weighted by atomic mass is 9.99. The molecule has 0 spiro atoms. The summed E-state index contributed by atoms with van der Waals surface area (Å²) in [6, 6.07) is 5.97. The highest BCUT2D eigenvalue weighted by Gasteiger charge is 2.44. The highest BCUT2D eigenvalue weighted by Crippen LogP contribution is 2.24. The summed E-state index contributed by atoms with van der Waals surface area (Å²) in [6.45, 7) is -0.549. The lowest BCUT2D eigenvalue weighted by molar-refractivity contribution is -0.277. The van der Waals surface area contributed by atoms with Gasteiger partial charge in [-0.25, -0.2) is 4.79 Å². The largest absolute Gasteiger partial charge is 0.465 e. The molecule has 1 aromatic rings. The number of aliphatic hydroxyl groups excluding tert-OH is 4. The van der Waals surface area contributed by atoms with Crippen molar-refractivity contribution in [3.63, 3.8) is 0 Å². The summed E-state index contributed by atoms with van der Waals surface area (Å²) in [6.07, 6.45) is -6.86. The van der Waals surface area contributed by atoms with E-state index in [1.54, 1.807) is 6.07 Å². The highest BCUT2D eigenvalue weighted by molar-refractivity contribution is 5.89. The number of carbonyl (C=O) groups excluding carboxylic acids is 1. The van der Waals surface area contributed by atoms with Crippen molar-refractivity contribution >= 4 is 5.97 Å². The third-order valence-electron chi connectivity index (χ3n) is 3.36. The molecule has 0 amide bonds. The lowest BCUT2D eigenvalue weighted by Crippen LogP contribution is -2.60. The molecule has 1 aromatic carbocycles. The zero-order valence-corrected chi connectivity index (χ0v) is 11.8. The number of rotatable bonds is 4. The second-order valence-electron chi connectivity index (χ2n) is 4.83. The molecule has 0 saturated carbocycles. The number of benzene rings is 1. The zero-order valence-electron chi connectivity index (χ0n) is 11.8. The van der Waals surface area contributed by atoms with Crippen molar-refractivity contribution in [2.45, 2.75) is 30.7 Å². The van der Waals surface area contributed by atoms with Crippen molar-refractivity contribution in [2.24, 2.45) is 0 Å². The molecule has 1 aliphatic rings. The first-order valence-electron chi connectivity index (χ1n) is 6.63. The van der Waals surface area contributed by atoms with Gasteiger partial charge in [0, 0.05) is 0 Å². The molecule has 5 atom stereocenters. The molecule has 1 aliphatic heterocycles. The fourth-order valence-corrected chi connectivity index (χ4v) is 2.11. The third-order valence-corrected chi connectivity index (χ3v) is 3.36. The number of hydrogen-bond acceptors (Lipinski definition) is 8. The van der Waals surface area contributed by atoms with Gasteiger partial charge < -0.3 is 34.6 Å². The fourth-order valence-electron chi connectivity index (χ4n) is 2.11. The number of hydrogen-bond donors (Lipinski definition) is 4. The van der Waals surface area contributed by atoms with E-state index in [2.05, 4.69) is 4.74 Å². The van der Waals surface area contributed by atoms with E-state index in [9.17, 15) is 20.1 Å². The molecule has 122 valence electrons. The Bertz CT molecular complexity index is 517. The molecule has 1 saturated heterocycles. The van der Waals surface area contributed by atoms with Gasteiger partial charge in [-0.1, -0.05) is 6.07 Å². The molecule has 1 fully saturated rings. The summed E-state index contributed by atoms with van der Waals surface area (Å²) >= 11 is 0. The van der Waals surface area contributed by atoms with Crippen LogP contribution in [0.1, 0.15) is 10.4 Å². The Hall–Kier alpha value is -1.71. The van der Waals surface area contributed by atoms with Gasteiger partial charge in [-0.2, -0.15) is 0 Å². The molecule has 0 aliphatic carbocycles. The predicted octanol–water partition coefficient (Wildman–Crippen LogP) is -1.35. The summed E-state index contributed by atoms with van der Waals surface area (Å²) in [5.74, 6) is -0.355. The van der Waals surface area contributed by atoms with E-state index >= 15 is 0 Å². The van der Waals surface area contributed by atoms with Crippen molar-refractivity contribution in [1.29, 1.82) is 0 Å². The number of carbonyl (C=O) groups is 1. The van der Waals surface area contributed by atoms with Crippen LogP contribution >= 0.6 is 0 Å². The second-order valence-corrected chi connectivity index (χ2v) is 4.83. The van der Waals surface area contributed by atoms with Crippen molar-refractivity contribution in [1.82, 2.24) is 0 Å². The highest BCUT2D eigenvalue weighted by atomic mass is 16.7. The Morgan fingerprint density at radius 3 is 2.59 bits per heavy atom. The first kappa shape index (κ1) is 16.7. The van der Waals surface area contributed by atoms with Crippen LogP contribution in [-0.2, 0) is 9.47 Å². The monoisotopic (exact) mass is 314 g/mol. The van der Waals surface area contributed by atoms with Crippen LogP contribution in [0, 0.1) is 0 Å². The maximum Gasteiger partial charge on any atom is 0.337 e. The van der Waals surface area contributed by atoms with Crippen LogP contribution in [0.5, 0.6) is 5.75 Å². The van der Waals surface area contributed by atoms with Gasteiger partial charge in [-0.15, -0.1) is 0 Å². The number of ether oxygens (including phenoxy) is 3. The van der Waals surface area contributed by atoms with Crippen LogP contribution < -0.4 is 4.74 Å². The molecule has 22 heavy (non-hydrogen) atoms. The van der Waals surface area contributed by atoms with Gasteiger partial charge in [0.15, 0.2) is 0 Å². The minimum absolute atomic E-state index is 0.201. The molecule has 1 heterocycles. The molecule has 2 rings (SSSR count).